The Morgan fingerprint density at radius 1 is 0.372 bits per heavy atom. The van der Waals surface area contributed by atoms with Gasteiger partial charge in [-0.15, -0.1) is 0 Å². The third kappa shape index (κ3) is 57.9. The standard InChI is InChI=1S/C66H119O11P/c1-4-7-10-13-16-19-22-25-28-30-31-33-36-39-42-45-48-51-54-57-66(70)77-63(59-73-64(68)55-52-49-46-43-40-37-35-32-29-26-23-20-17-14-11-8-5-2)61-75-78(71,72)74-60-62(58-67)76-65(69)56-53-50-47-44-41-38-34-27-24-21-18-15-12-9-6-3/h7,10,16,19,25,28,31,33,39,42,62-63,67H,4-6,8-9,11-15,17-18,20-24,26-27,29-30,32,34-38,40-41,43-61H2,1-3H3,(H,71,72)/b10-7-,19-16-,28-25-,33-31-,42-39-. The Bertz CT molecular complexity index is 1540. The molecule has 0 aliphatic carbocycles. The fourth-order valence-corrected chi connectivity index (χ4v) is 9.88. The molecule has 0 aromatic carbocycles. The van der Waals surface area contributed by atoms with Crippen molar-refractivity contribution in [3.63, 3.8) is 0 Å². The topological polar surface area (TPSA) is 155 Å². The lowest BCUT2D eigenvalue weighted by atomic mass is 10.0. The number of rotatable bonds is 60. The molecular weight excluding hydrogens is 1000 g/mol. The molecule has 0 amide bonds. The SMILES string of the molecule is CC/C=C\C/C=C\C/C=C\C/C=C\C/C=C\CCCCCC(=O)OC(COC(=O)CCCCCCCCCCCCCCCCCCC)COP(=O)(O)OCC(CO)OC(=O)CCCCCCCCCCCCCCCCC. The number of allylic oxidation sites excluding steroid dienone is 10. The van der Waals surface area contributed by atoms with Crippen LogP contribution in [0.3, 0.4) is 0 Å². The fraction of sp³-hybridized carbons (Fsp3) is 0.803. The van der Waals surface area contributed by atoms with Crippen LogP contribution in [0.4, 0.5) is 0 Å². The minimum Gasteiger partial charge on any atom is -0.462 e. The van der Waals surface area contributed by atoms with Crippen LogP contribution < -0.4 is 0 Å². The first-order valence-corrected chi connectivity index (χ1v) is 33.7. The largest absolute Gasteiger partial charge is 0.472 e. The minimum atomic E-state index is -4.76. The number of aliphatic hydroxyl groups excluding tert-OH is 1. The van der Waals surface area contributed by atoms with E-state index in [4.69, 9.17) is 23.3 Å². The van der Waals surface area contributed by atoms with E-state index in [1.54, 1.807) is 0 Å². The van der Waals surface area contributed by atoms with Crippen molar-refractivity contribution in [1.82, 2.24) is 0 Å². The van der Waals surface area contributed by atoms with E-state index in [1.807, 2.05) is 0 Å². The molecule has 0 heterocycles. The minimum absolute atomic E-state index is 0.131. The van der Waals surface area contributed by atoms with Crippen LogP contribution in [0, 0.1) is 0 Å². The lowest BCUT2D eigenvalue weighted by Crippen LogP contribution is -2.30. The van der Waals surface area contributed by atoms with Crippen molar-refractivity contribution in [3.8, 4) is 0 Å². The maximum atomic E-state index is 12.9. The van der Waals surface area contributed by atoms with Crippen molar-refractivity contribution in [1.29, 1.82) is 0 Å². The van der Waals surface area contributed by atoms with Gasteiger partial charge in [0.1, 0.15) is 12.7 Å². The predicted octanol–water partition coefficient (Wildman–Crippen LogP) is 19.5. The number of carbonyl (C=O) groups is 3. The number of phosphoric ester groups is 1. The van der Waals surface area contributed by atoms with Crippen LogP contribution in [-0.4, -0.2) is 66.5 Å². The summed E-state index contributed by atoms with van der Waals surface area (Å²) in [5.41, 5.74) is 0. The summed E-state index contributed by atoms with van der Waals surface area (Å²) in [5, 5.41) is 9.85. The third-order valence-electron chi connectivity index (χ3n) is 14.0. The zero-order chi connectivity index (χ0) is 56.9. The van der Waals surface area contributed by atoms with Crippen molar-refractivity contribution >= 4 is 25.7 Å². The zero-order valence-corrected chi connectivity index (χ0v) is 51.3. The van der Waals surface area contributed by atoms with E-state index >= 15 is 0 Å². The van der Waals surface area contributed by atoms with Crippen molar-refractivity contribution in [2.24, 2.45) is 0 Å². The van der Waals surface area contributed by atoms with Crippen molar-refractivity contribution in [2.45, 2.75) is 315 Å². The van der Waals surface area contributed by atoms with E-state index in [0.717, 1.165) is 89.9 Å². The van der Waals surface area contributed by atoms with Gasteiger partial charge in [-0.05, 0) is 64.2 Å². The molecule has 0 spiro atoms. The van der Waals surface area contributed by atoms with E-state index in [-0.39, 0.29) is 25.9 Å². The molecule has 3 atom stereocenters. The molecular formula is C66H119O11P. The summed E-state index contributed by atoms with van der Waals surface area (Å²) in [6, 6.07) is 0. The van der Waals surface area contributed by atoms with Gasteiger partial charge in [-0.1, -0.05) is 281 Å². The summed E-state index contributed by atoms with van der Waals surface area (Å²) in [7, 11) is -4.76. The maximum absolute atomic E-state index is 12.9. The summed E-state index contributed by atoms with van der Waals surface area (Å²) in [6.07, 6.45) is 67.4. The summed E-state index contributed by atoms with van der Waals surface area (Å²) >= 11 is 0. The molecule has 0 radical (unpaired) electrons. The Labute approximate surface area is 478 Å². The second kappa shape index (κ2) is 60.3. The summed E-state index contributed by atoms with van der Waals surface area (Å²) in [5.74, 6) is -1.48. The van der Waals surface area contributed by atoms with Crippen LogP contribution in [0.15, 0.2) is 60.8 Å². The molecule has 78 heavy (non-hydrogen) atoms. The van der Waals surface area contributed by atoms with Crippen LogP contribution in [0.2, 0.25) is 0 Å². The number of aliphatic hydroxyl groups is 1. The highest BCUT2D eigenvalue weighted by Crippen LogP contribution is 2.43. The van der Waals surface area contributed by atoms with E-state index < -0.39 is 57.8 Å². The first kappa shape index (κ1) is 75.2. The lowest BCUT2D eigenvalue weighted by Gasteiger charge is -2.21. The number of carbonyl (C=O) groups excluding carboxylic acids is 3. The molecule has 0 fully saturated rings. The van der Waals surface area contributed by atoms with Gasteiger partial charge in [-0.25, -0.2) is 4.57 Å². The van der Waals surface area contributed by atoms with E-state index in [2.05, 4.69) is 81.5 Å². The summed E-state index contributed by atoms with van der Waals surface area (Å²) in [4.78, 5) is 48.7. The average Bonchev–Trinajstić information content (AvgIpc) is 3.43. The van der Waals surface area contributed by atoms with Crippen LogP contribution in [0.25, 0.3) is 0 Å². The van der Waals surface area contributed by atoms with Gasteiger partial charge in [0.05, 0.1) is 19.8 Å². The second-order valence-corrected chi connectivity index (χ2v) is 23.0. The number of esters is 3. The molecule has 454 valence electrons. The molecule has 0 rings (SSSR count). The summed E-state index contributed by atoms with van der Waals surface area (Å²) < 4.78 is 39.7. The highest BCUT2D eigenvalue weighted by Gasteiger charge is 2.28. The molecule has 0 aliphatic heterocycles. The Balaban J connectivity index is 4.73. The molecule has 3 unspecified atom stereocenters. The normalized spacial score (nSPS) is 13.7. The molecule has 0 bridgehead atoms. The van der Waals surface area contributed by atoms with Gasteiger partial charge in [-0.3, -0.25) is 23.4 Å². The molecule has 0 saturated carbocycles. The molecule has 0 saturated heterocycles. The van der Waals surface area contributed by atoms with Crippen LogP contribution >= 0.6 is 7.82 Å². The second-order valence-electron chi connectivity index (χ2n) is 21.6. The predicted molar refractivity (Wildman–Crippen MR) is 325 cm³/mol. The highest BCUT2D eigenvalue weighted by molar-refractivity contribution is 7.47. The zero-order valence-electron chi connectivity index (χ0n) is 50.4. The number of hydrogen-bond acceptors (Lipinski definition) is 10. The van der Waals surface area contributed by atoms with E-state index in [0.29, 0.717) is 19.3 Å². The van der Waals surface area contributed by atoms with Gasteiger partial charge < -0.3 is 24.2 Å². The first-order chi connectivity index (χ1) is 38.2. The number of phosphoric acid groups is 1. The highest BCUT2D eigenvalue weighted by atomic mass is 31.2. The number of ether oxygens (including phenoxy) is 3. The monoisotopic (exact) mass is 1120 g/mol. The van der Waals surface area contributed by atoms with Gasteiger partial charge >= 0.3 is 25.7 Å². The third-order valence-corrected chi connectivity index (χ3v) is 14.9. The smallest absolute Gasteiger partial charge is 0.462 e. The Hall–Kier alpha value is -2.82. The maximum Gasteiger partial charge on any atom is 0.472 e. The van der Waals surface area contributed by atoms with Gasteiger partial charge in [0.25, 0.3) is 0 Å². The number of unbranched alkanes of at least 4 members (excludes halogenated alkanes) is 33. The first-order valence-electron chi connectivity index (χ1n) is 32.2. The fourth-order valence-electron chi connectivity index (χ4n) is 9.09. The van der Waals surface area contributed by atoms with Crippen LogP contribution in [0.1, 0.15) is 303 Å². The van der Waals surface area contributed by atoms with Gasteiger partial charge in [-0.2, -0.15) is 0 Å². The molecule has 0 aliphatic rings. The molecule has 0 aromatic rings. The molecule has 2 N–H and O–H groups in total. The Morgan fingerprint density at radius 2 is 0.667 bits per heavy atom. The van der Waals surface area contributed by atoms with Crippen molar-refractivity contribution in [2.75, 3.05) is 26.4 Å². The van der Waals surface area contributed by atoms with E-state index in [9.17, 15) is 28.9 Å². The van der Waals surface area contributed by atoms with Gasteiger partial charge in [0.2, 0.25) is 0 Å². The van der Waals surface area contributed by atoms with Crippen LogP contribution in [-0.2, 0) is 42.2 Å². The van der Waals surface area contributed by atoms with Gasteiger partial charge in [0.15, 0.2) is 6.10 Å². The summed E-state index contributed by atoms with van der Waals surface area (Å²) in [6.45, 7) is 4.56. The molecule has 0 aromatic heterocycles. The Kier molecular flexibility index (Phi) is 58.1. The molecule has 11 nitrogen and oxygen atoms in total. The number of hydrogen-bond donors (Lipinski definition) is 2. The van der Waals surface area contributed by atoms with Crippen LogP contribution in [0.5, 0.6) is 0 Å². The quantitative estimate of drug-likeness (QED) is 0.0197. The van der Waals surface area contributed by atoms with Crippen molar-refractivity contribution < 1.29 is 52.2 Å². The Morgan fingerprint density at radius 3 is 1.03 bits per heavy atom. The average molecular weight is 1120 g/mol. The molecule has 12 heteroatoms. The van der Waals surface area contributed by atoms with Gasteiger partial charge in [0, 0.05) is 19.3 Å². The van der Waals surface area contributed by atoms with Crippen molar-refractivity contribution in [3.05, 3.63) is 60.8 Å². The lowest BCUT2D eigenvalue weighted by molar-refractivity contribution is -0.161. The van der Waals surface area contributed by atoms with E-state index in [1.165, 1.54) is 154 Å².